The van der Waals surface area contributed by atoms with Crippen LogP contribution in [0.3, 0.4) is 0 Å². The van der Waals surface area contributed by atoms with Gasteiger partial charge in [-0.3, -0.25) is 0 Å². The van der Waals surface area contributed by atoms with E-state index in [1.165, 1.54) is 0 Å². The summed E-state index contributed by atoms with van der Waals surface area (Å²) < 4.78 is 0. The predicted octanol–water partition coefficient (Wildman–Crippen LogP) is -0.867. The van der Waals surface area contributed by atoms with Gasteiger partial charge in [0.2, 0.25) is 0 Å². The van der Waals surface area contributed by atoms with Crippen molar-refractivity contribution in [2.75, 3.05) is 6.66 Å². The molecule has 0 aromatic carbocycles. The van der Waals surface area contributed by atoms with Gasteiger partial charge in [0.15, 0.2) is 5.57 Å². The molecule has 0 aliphatic rings. The second kappa shape index (κ2) is 1.98. The molecule has 1 unspecified atom stereocenters. The average molecular weight is 116 g/mol. The highest BCUT2D eigenvalue weighted by Crippen LogP contribution is 1.92. The van der Waals surface area contributed by atoms with E-state index in [1.54, 1.807) is 0 Å². The first-order valence-electron chi connectivity index (χ1n) is 1.84. The number of hydrogen-bond donors (Lipinski definition) is 1. The number of nitrogens with zero attached hydrogens (tertiary/aromatic N) is 3. The Morgan fingerprint density at radius 1 is 1.71 bits per heavy atom. The first-order valence-corrected chi connectivity index (χ1v) is 3.34. The Labute approximate surface area is 42.5 Å². The highest BCUT2D eigenvalue weighted by atomic mass is 31.1. The number of hydrogen-bond acceptors (Lipinski definition) is 3. The highest BCUT2D eigenvalue weighted by Gasteiger charge is 1.87. The molecule has 0 radical (unpaired) electrons. The van der Waals surface area contributed by atoms with Crippen molar-refractivity contribution in [1.82, 2.24) is 20.6 Å². The van der Waals surface area contributed by atoms with Crippen molar-refractivity contribution in [2.24, 2.45) is 0 Å². The molecule has 0 aliphatic heterocycles. The van der Waals surface area contributed by atoms with Crippen molar-refractivity contribution in [3.63, 3.8) is 0 Å². The fourth-order valence-corrected chi connectivity index (χ4v) is 0.580. The van der Waals surface area contributed by atoms with Gasteiger partial charge < -0.3 is 0 Å². The van der Waals surface area contributed by atoms with E-state index in [4.69, 9.17) is 0 Å². The van der Waals surface area contributed by atoms with Gasteiger partial charge in [0.05, 0.1) is 0 Å². The van der Waals surface area contributed by atoms with Crippen LogP contribution in [0.4, 0.5) is 0 Å². The molecule has 5 heteroatoms. The van der Waals surface area contributed by atoms with Gasteiger partial charge in [-0.05, 0) is 20.5 Å². The second-order valence-corrected chi connectivity index (χ2v) is 1.93. The van der Waals surface area contributed by atoms with Gasteiger partial charge in [0.25, 0.3) is 0 Å². The first kappa shape index (κ1) is 4.65. The van der Waals surface area contributed by atoms with Crippen LogP contribution in [-0.2, 0) is 0 Å². The lowest BCUT2D eigenvalue weighted by molar-refractivity contribution is 0.881. The van der Waals surface area contributed by atoms with E-state index >= 15 is 0 Å². The van der Waals surface area contributed by atoms with Gasteiger partial charge in [0.1, 0.15) is 0 Å². The Morgan fingerprint density at radius 3 is 2.86 bits per heavy atom. The molecule has 7 heavy (non-hydrogen) atoms. The van der Waals surface area contributed by atoms with Crippen molar-refractivity contribution in [3.8, 4) is 0 Å². The summed E-state index contributed by atoms with van der Waals surface area (Å²) in [6.45, 7) is 2.00. The maximum atomic E-state index is 3.70. The summed E-state index contributed by atoms with van der Waals surface area (Å²) in [6.07, 6.45) is 0. The molecular formula is C2H5N4P. The number of tetrazole rings is 1. The maximum absolute atomic E-state index is 3.70. The van der Waals surface area contributed by atoms with Gasteiger partial charge in [-0.2, -0.15) is 5.21 Å². The van der Waals surface area contributed by atoms with Crippen LogP contribution in [0.5, 0.6) is 0 Å². The molecule has 0 saturated carbocycles. The number of nitrogens with one attached hydrogen (secondary N) is 1. The third kappa shape index (κ3) is 0.933. The number of rotatable bonds is 1. The molecule has 0 amide bonds. The van der Waals surface area contributed by atoms with Gasteiger partial charge in [-0.15, -0.1) is 10.2 Å². The van der Waals surface area contributed by atoms with Crippen LogP contribution in [0.15, 0.2) is 0 Å². The second-order valence-electron chi connectivity index (χ2n) is 0.985. The van der Waals surface area contributed by atoms with E-state index in [-0.39, 0.29) is 0 Å². The molecule has 0 saturated heterocycles. The molecule has 1 atom stereocenters. The summed E-state index contributed by atoms with van der Waals surface area (Å²) in [5.41, 5.74) is 0.792. The fraction of sp³-hybridized carbons (Fsp3) is 0.500. The molecule has 0 spiro atoms. The van der Waals surface area contributed by atoms with E-state index in [0.717, 1.165) is 5.57 Å². The Kier molecular flexibility index (Phi) is 1.32. The summed E-state index contributed by atoms with van der Waals surface area (Å²) in [5.74, 6) is 0. The number of H-pyrrole nitrogens is 1. The molecule has 4 nitrogen and oxygen atoms in total. The third-order valence-electron chi connectivity index (χ3n) is 0.569. The van der Waals surface area contributed by atoms with Gasteiger partial charge >= 0.3 is 0 Å². The Bertz CT molecular complexity index is 124. The summed E-state index contributed by atoms with van der Waals surface area (Å²) in [6, 6.07) is 0. The molecule has 1 N–H and O–H groups in total. The van der Waals surface area contributed by atoms with Crippen LogP contribution in [0, 0.1) is 0 Å². The summed E-state index contributed by atoms with van der Waals surface area (Å²) >= 11 is 0. The summed E-state index contributed by atoms with van der Waals surface area (Å²) in [5, 5.41) is 13.1. The number of aromatic amines is 1. The Hall–Kier alpha value is -0.500. The normalized spacial score (nSPS) is 11.0. The van der Waals surface area contributed by atoms with Crippen molar-refractivity contribution in [2.45, 2.75) is 0 Å². The van der Waals surface area contributed by atoms with E-state index in [1.807, 2.05) is 6.66 Å². The number of aromatic nitrogens is 4. The van der Waals surface area contributed by atoms with Crippen LogP contribution >= 0.6 is 8.58 Å². The first-order chi connectivity index (χ1) is 3.43. The van der Waals surface area contributed by atoms with E-state index in [0.29, 0.717) is 8.58 Å². The van der Waals surface area contributed by atoms with Gasteiger partial charge in [-0.1, -0.05) is 0 Å². The lowest BCUT2D eigenvalue weighted by atomic mass is 11.4. The predicted molar refractivity (Wildman–Crippen MR) is 28.1 cm³/mol. The molecule has 1 rings (SSSR count). The molecule has 0 bridgehead atoms. The highest BCUT2D eigenvalue weighted by molar-refractivity contribution is 7.45. The van der Waals surface area contributed by atoms with Crippen molar-refractivity contribution in [1.29, 1.82) is 0 Å². The van der Waals surface area contributed by atoms with Crippen molar-refractivity contribution in [3.05, 3.63) is 0 Å². The Balaban J connectivity index is 2.76. The van der Waals surface area contributed by atoms with Crippen LogP contribution in [-0.4, -0.2) is 27.3 Å². The lowest BCUT2D eigenvalue weighted by Gasteiger charge is -1.73. The molecule has 0 fully saturated rings. The van der Waals surface area contributed by atoms with Crippen LogP contribution < -0.4 is 5.57 Å². The summed E-state index contributed by atoms with van der Waals surface area (Å²) in [4.78, 5) is 0. The monoisotopic (exact) mass is 116 g/mol. The van der Waals surface area contributed by atoms with Crippen LogP contribution in [0.2, 0.25) is 0 Å². The minimum Gasteiger partial charge on any atom is -0.177 e. The van der Waals surface area contributed by atoms with E-state index in [9.17, 15) is 0 Å². The standard InChI is InChI=1S/C2H5N4P/c1-7-2-3-5-6-4-2/h7H,1H3,(H,3,4,5,6). The molecule has 1 aromatic rings. The lowest BCUT2D eigenvalue weighted by Crippen LogP contribution is -1.96. The summed E-state index contributed by atoms with van der Waals surface area (Å²) in [7, 11) is 0.639. The van der Waals surface area contributed by atoms with Gasteiger partial charge in [-0.25, -0.2) is 0 Å². The van der Waals surface area contributed by atoms with Gasteiger partial charge in [0, 0.05) is 0 Å². The van der Waals surface area contributed by atoms with Crippen LogP contribution in [0.25, 0.3) is 0 Å². The Morgan fingerprint density at radius 2 is 2.57 bits per heavy atom. The van der Waals surface area contributed by atoms with Crippen molar-refractivity contribution >= 4 is 14.1 Å². The zero-order valence-electron chi connectivity index (χ0n) is 3.84. The van der Waals surface area contributed by atoms with E-state index in [2.05, 4.69) is 20.6 Å². The third-order valence-corrected chi connectivity index (χ3v) is 1.23. The smallest absolute Gasteiger partial charge is 0.177 e. The average Bonchev–Trinajstić information content (AvgIpc) is 2.14. The van der Waals surface area contributed by atoms with Crippen LogP contribution in [0.1, 0.15) is 0 Å². The molecule has 1 aromatic heterocycles. The maximum Gasteiger partial charge on any atom is 0.192 e. The molecular weight excluding hydrogens is 111 g/mol. The zero-order valence-corrected chi connectivity index (χ0v) is 4.84. The quantitative estimate of drug-likeness (QED) is 0.485. The molecule has 1 heterocycles. The largest absolute Gasteiger partial charge is 0.192 e. The van der Waals surface area contributed by atoms with E-state index < -0.39 is 0 Å². The minimum atomic E-state index is 0.639. The minimum absolute atomic E-state index is 0.639. The molecule has 38 valence electrons. The molecule has 0 aliphatic carbocycles. The topological polar surface area (TPSA) is 54.5 Å². The SMILES string of the molecule is CPc1nn[nH]n1. The zero-order chi connectivity index (χ0) is 5.11. The van der Waals surface area contributed by atoms with Crippen molar-refractivity contribution < 1.29 is 0 Å². The fourth-order valence-electron chi connectivity index (χ4n) is 0.268.